The molecule has 0 aliphatic carbocycles. The minimum Gasteiger partial charge on any atom is -0.497 e. The van der Waals surface area contributed by atoms with Crippen LogP contribution in [0.1, 0.15) is 22.3 Å². The molecule has 0 aliphatic heterocycles. The molecule has 0 saturated carbocycles. The van der Waals surface area contributed by atoms with Gasteiger partial charge in [0.25, 0.3) is 11.8 Å². The van der Waals surface area contributed by atoms with Gasteiger partial charge in [-0.3, -0.25) is 14.8 Å². The number of hydrogen-bond donors (Lipinski definition) is 3. The molecule has 2 amide bonds. The van der Waals surface area contributed by atoms with Crippen molar-refractivity contribution in [3.8, 4) is 11.5 Å². The van der Waals surface area contributed by atoms with Crippen molar-refractivity contribution in [3.05, 3.63) is 101 Å². The average molecular weight is 477 g/mol. The van der Waals surface area contributed by atoms with E-state index < -0.39 is 11.7 Å². The molecule has 7 nitrogen and oxygen atoms in total. The van der Waals surface area contributed by atoms with Crippen LogP contribution in [-0.4, -0.2) is 31.2 Å². The summed E-state index contributed by atoms with van der Waals surface area (Å²) in [5, 5.41) is 11.4. The Morgan fingerprint density at radius 1 is 0.914 bits per heavy atom. The van der Waals surface area contributed by atoms with E-state index in [0.29, 0.717) is 28.2 Å². The lowest BCUT2D eigenvalue weighted by molar-refractivity contribution is -0.124. The second-order valence-electron chi connectivity index (χ2n) is 7.44. The third kappa shape index (κ3) is 7.28. The van der Waals surface area contributed by atoms with Gasteiger partial charge in [0.05, 0.1) is 14.2 Å². The highest BCUT2D eigenvalue weighted by atomic mass is 19.1. The fourth-order valence-corrected chi connectivity index (χ4v) is 3.22. The highest BCUT2D eigenvalue weighted by Gasteiger charge is 2.13. The lowest BCUT2D eigenvalue weighted by atomic mass is 10.0. The van der Waals surface area contributed by atoms with Crippen molar-refractivity contribution < 1.29 is 28.7 Å². The fraction of sp³-hybridized carbons (Fsp3) is 0.111. The number of methoxy groups -OCH3 is 2. The molecule has 0 bridgehead atoms. The molecule has 0 saturated heterocycles. The van der Waals surface area contributed by atoms with Gasteiger partial charge in [0, 0.05) is 24.3 Å². The Morgan fingerprint density at radius 3 is 2.11 bits per heavy atom. The van der Waals surface area contributed by atoms with E-state index in [2.05, 4.69) is 5.32 Å². The van der Waals surface area contributed by atoms with Gasteiger partial charge in [-0.2, -0.15) is 0 Å². The van der Waals surface area contributed by atoms with Crippen molar-refractivity contribution in [2.75, 3.05) is 14.2 Å². The van der Waals surface area contributed by atoms with Gasteiger partial charge >= 0.3 is 0 Å². The standard InChI is InChI=1S/C27H25FN2O5/c1-34-23-13-20(14-24(16-23)35-2)15-25(21-8-10-22(28)11-9-21)27(32)29-17-19-5-3-18(4-6-19)7-12-26(31)30-33/h3-16,33H,17H2,1-2H3,(H,29,32)(H,30,31). The third-order valence-corrected chi connectivity index (χ3v) is 5.05. The van der Waals surface area contributed by atoms with Crippen LogP contribution in [0.4, 0.5) is 4.39 Å². The van der Waals surface area contributed by atoms with Gasteiger partial charge in [0.1, 0.15) is 17.3 Å². The van der Waals surface area contributed by atoms with Crippen LogP contribution in [0.15, 0.2) is 72.8 Å². The van der Waals surface area contributed by atoms with Gasteiger partial charge in [-0.05, 0) is 58.7 Å². The van der Waals surface area contributed by atoms with Gasteiger partial charge in [0.15, 0.2) is 0 Å². The predicted molar refractivity (Wildman–Crippen MR) is 131 cm³/mol. The Kier molecular flexibility index (Phi) is 8.75. The highest BCUT2D eigenvalue weighted by Crippen LogP contribution is 2.26. The Labute approximate surface area is 202 Å². The minimum absolute atomic E-state index is 0.250. The maximum absolute atomic E-state index is 13.5. The first kappa shape index (κ1) is 25.2. The first-order valence-corrected chi connectivity index (χ1v) is 10.6. The van der Waals surface area contributed by atoms with Crippen LogP contribution in [0.2, 0.25) is 0 Å². The normalized spacial score (nSPS) is 11.3. The minimum atomic E-state index is -0.630. The number of nitrogens with one attached hydrogen (secondary N) is 2. The predicted octanol–water partition coefficient (Wildman–Crippen LogP) is 4.22. The second kappa shape index (κ2) is 12.2. The van der Waals surface area contributed by atoms with Gasteiger partial charge in [-0.25, -0.2) is 9.87 Å². The Hall–Kier alpha value is -4.43. The Morgan fingerprint density at radius 2 is 1.54 bits per heavy atom. The van der Waals surface area contributed by atoms with Gasteiger partial charge in [0.2, 0.25) is 0 Å². The van der Waals surface area contributed by atoms with Crippen molar-refractivity contribution in [1.82, 2.24) is 10.8 Å². The van der Waals surface area contributed by atoms with Crippen LogP contribution in [0, 0.1) is 5.82 Å². The summed E-state index contributed by atoms with van der Waals surface area (Å²) in [6.07, 6.45) is 4.43. The maximum atomic E-state index is 13.5. The van der Waals surface area contributed by atoms with Gasteiger partial charge in [-0.15, -0.1) is 0 Å². The molecule has 8 heteroatoms. The van der Waals surface area contributed by atoms with E-state index in [1.54, 1.807) is 54.6 Å². The summed E-state index contributed by atoms with van der Waals surface area (Å²) in [6, 6.07) is 18.1. The largest absolute Gasteiger partial charge is 0.497 e. The molecule has 0 aromatic heterocycles. The molecule has 3 N–H and O–H groups in total. The fourth-order valence-electron chi connectivity index (χ4n) is 3.22. The van der Waals surface area contributed by atoms with Crippen LogP contribution in [0.25, 0.3) is 17.7 Å². The monoisotopic (exact) mass is 476 g/mol. The van der Waals surface area contributed by atoms with Crippen molar-refractivity contribution in [3.63, 3.8) is 0 Å². The van der Waals surface area contributed by atoms with Crippen molar-refractivity contribution in [2.24, 2.45) is 0 Å². The highest BCUT2D eigenvalue weighted by molar-refractivity contribution is 6.24. The molecule has 0 unspecified atom stereocenters. The maximum Gasteiger partial charge on any atom is 0.267 e. The van der Waals surface area contributed by atoms with Crippen LogP contribution < -0.4 is 20.3 Å². The molecule has 3 aromatic rings. The molecule has 180 valence electrons. The van der Waals surface area contributed by atoms with Crippen molar-refractivity contribution in [1.29, 1.82) is 0 Å². The van der Waals surface area contributed by atoms with E-state index in [4.69, 9.17) is 14.7 Å². The molecule has 0 atom stereocenters. The first-order valence-electron chi connectivity index (χ1n) is 10.6. The summed E-state index contributed by atoms with van der Waals surface area (Å²) >= 11 is 0. The third-order valence-electron chi connectivity index (χ3n) is 5.05. The quantitative estimate of drug-likeness (QED) is 0.186. The van der Waals surface area contributed by atoms with Crippen molar-refractivity contribution in [2.45, 2.75) is 6.54 Å². The summed E-state index contributed by atoms with van der Waals surface area (Å²) in [5.41, 5.74) is 4.68. The summed E-state index contributed by atoms with van der Waals surface area (Å²) < 4.78 is 24.1. The van der Waals surface area contributed by atoms with E-state index in [1.165, 1.54) is 37.9 Å². The molecule has 0 fully saturated rings. The molecule has 35 heavy (non-hydrogen) atoms. The number of hydroxylamine groups is 1. The Bertz CT molecular complexity index is 1210. The topological polar surface area (TPSA) is 96.9 Å². The molecule has 3 aromatic carbocycles. The molecular weight excluding hydrogens is 451 g/mol. The number of rotatable bonds is 9. The van der Waals surface area contributed by atoms with Crippen LogP contribution in [0.3, 0.4) is 0 Å². The smallest absolute Gasteiger partial charge is 0.267 e. The number of carbonyl (C=O) groups excluding carboxylic acids is 2. The zero-order valence-corrected chi connectivity index (χ0v) is 19.2. The van der Waals surface area contributed by atoms with E-state index in [-0.39, 0.29) is 12.5 Å². The number of carbonyl (C=O) groups is 2. The number of benzene rings is 3. The SMILES string of the molecule is COc1cc(C=C(C(=O)NCc2ccc(C=CC(=O)NO)cc2)c2ccc(F)cc2)cc(OC)c1. The summed E-state index contributed by atoms with van der Waals surface area (Å²) in [6.45, 7) is 0.250. The summed E-state index contributed by atoms with van der Waals surface area (Å²) in [5.74, 6) is -0.237. The first-order chi connectivity index (χ1) is 16.9. The summed E-state index contributed by atoms with van der Waals surface area (Å²) in [4.78, 5) is 24.3. The van der Waals surface area contributed by atoms with Crippen molar-refractivity contribution >= 4 is 29.5 Å². The van der Waals surface area contributed by atoms with Gasteiger partial charge in [-0.1, -0.05) is 36.4 Å². The summed E-state index contributed by atoms with van der Waals surface area (Å²) in [7, 11) is 3.08. The number of ether oxygens (including phenoxy) is 2. The van der Waals surface area contributed by atoms with Gasteiger partial charge < -0.3 is 14.8 Å². The molecule has 0 aliphatic rings. The van der Waals surface area contributed by atoms with E-state index in [0.717, 1.165) is 11.1 Å². The number of amides is 2. The molecule has 3 rings (SSSR count). The lowest BCUT2D eigenvalue weighted by Gasteiger charge is -2.12. The van der Waals surface area contributed by atoms with E-state index in [1.807, 2.05) is 12.1 Å². The molecule has 0 heterocycles. The lowest BCUT2D eigenvalue weighted by Crippen LogP contribution is -2.23. The van der Waals surface area contributed by atoms with E-state index in [9.17, 15) is 14.0 Å². The average Bonchev–Trinajstić information content (AvgIpc) is 2.89. The number of hydrogen-bond acceptors (Lipinski definition) is 5. The van der Waals surface area contributed by atoms with Crippen LogP contribution >= 0.6 is 0 Å². The Balaban J connectivity index is 1.83. The van der Waals surface area contributed by atoms with E-state index >= 15 is 0 Å². The molecule has 0 radical (unpaired) electrons. The zero-order chi connectivity index (χ0) is 25.2. The molecular formula is C27H25FN2O5. The van der Waals surface area contributed by atoms with Crippen LogP contribution in [-0.2, 0) is 16.1 Å². The molecule has 0 spiro atoms. The zero-order valence-electron chi connectivity index (χ0n) is 19.2. The number of halogens is 1. The second-order valence-corrected chi connectivity index (χ2v) is 7.44. The van der Waals surface area contributed by atoms with Crippen LogP contribution in [0.5, 0.6) is 11.5 Å².